The normalized spacial score (nSPS) is 14.0. The number of aromatic amines is 1. The third-order valence-corrected chi connectivity index (χ3v) is 6.35. The summed E-state index contributed by atoms with van der Waals surface area (Å²) in [5, 5.41) is 0.650. The first-order valence-corrected chi connectivity index (χ1v) is 11.2. The Morgan fingerprint density at radius 2 is 2.03 bits per heavy atom. The average Bonchev–Trinajstić information content (AvgIpc) is 3.25. The van der Waals surface area contributed by atoms with Crippen LogP contribution < -0.4 is 5.69 Å². The van der Waals surface area contributed by atoms with Gasteiger partial charge >= 0.3 is 5.69 Å². The molecular weight excluding hydrogens is 426 g/mol. The highest BCUT2D eigenvalue weighted by Crippen LogP contribution is 2.41. The van der Waals surface area contributed by atoms with E-state index in [9.17, 15) is 4.79 Å². The van der Waals surface area contributed by atoms with Gasteiger partial charge in [0, 0.05) is 42.6 Å². The molecule has 32 heavy (non-hydrogen) atoms. The van der Waals surface area contributed by atoms with Crippen LogP contribution in [0.3, 0.4) is 0 Å². The molecular formula is C23H22ClN7O. The quantitative estimate of drug-likeness (QED) is 0.409. The van der Waals surface area contributed by atoms with Gasteiger partial charge in [-0.2, -0.15) is 0 Å². The van der Waals surface area contributed by atoms with Gasteiger partial charge in [0.1, 0.15) is 5.82 Å². The Hall–Kier alpha value is -3.39. The minimum Gasteiger partial charge on any atom is -0.337 e. The fourth-order valence-corrected chi connectivity index (χ4v) is 4.61. The fourth-order valence-electron chi connectivity index (χ4n) is 4.44. The molecule has 0 atom stereocenters. The predicted octanol–water partition coefficient (Wildman–Crippen LogP) is 3.94. The number of pyridine rings is 1. The maximum Gasteiger partial charge on any atom is 0.326 e. The molecule has 1 N–H and O–H groups in total. The monoisotopic (exact) mass is 447 g/mol. The summed E-state index contributed by atoms with van der Waals surface area (Å²) in [6, 6.07) is 7.63. The van der Waals surface area contributed by atoms with Crippen LogP contribution in [0.2, 0.25) is 5.02 Å². The highest BCUT2D eigenvalue weighted by molar-refractivity contribution is 6.31. The number of fused-ring (bicyclic) bond motifs is 2. The maximum absolute atomic E-state index is 12.9. The summed E-state index contributed by atoms with van der Waals surface area (Å²) in [4.78, 5) is 29.5. The molecule has 4 heterocycles. The van der Waals surface area contributed by atoms with Gasteiger partial charge in [0.25, 0.3) is 0 Å². The number of nitrogens with zero attached hydrogens (tertiary/aromatic N) is 6. The Labute approximate surface area is 188 Å². The summed E-state index contributed by atoms with van der Waals surface area (Å²) in [5.41, 5.74) is 4.46. The van der Waals surface area contributed by atoms with Gasteiger partial charge in [-0.1, -0.05) is 11.6 Å². The number of hydrogen-bond acceptors (Lipinski definition) is 4. The number of benzene rings is 1. The molecule has 4 aromatic heterocycles. The highest BCUT2D eigenvalue weighted by Gasteiger charge is 2.29. The largest absolute Gasteiger partial charge is 0.337 e. The molecule has 1 aliphatic rings. The van der Waals surface area contributed by atoms with Crippen LogP contribution in [-0.4, -0.2) is 33.6 Å². The Morgan fingerprint density at radius 3 is 2.84 bits per heavy atom. The van der Waals surface area contributed by atoms with Crippen molar-refractivity contribution >= 4 is 33.7 Å². The van der Waals surface area contributed by atoms with Crippen LogP contribution in [0, 0.1) is 0 Å². The number of halogens is 1. The zero-order valence-corrected chi connectivity index (χ0v) is 18.2. The lowest BCUT2D eigenvalue weighted by molar-refractivity contribution is 0.549. The Kier molecular flexibility index (Phi) is 4.61. The van der Waals surface area contributed by atoms with Crippen LogP contribution in [0.25, 0.3) is 22.1 Å². The molecule has 0 unspecified atom stereocenters. The molecule has 1 aromatic carbocycles. The van der Waals surface area contributed by atoms with E-state index in [2.05, 4.69) is 24.1 Å². The van der Waals surface area contributed by atoms with E-state index in [1.165, 1.54) is 0 Å². The predicted molar refractivity (Wildman–Crippen MR) is 123 cm³/mol. The van der Waals surface area contributed by atoms with Crippen molar-refractivity contribution in [3.63, 3.8) is 0 Å². The second-order valence-electron chi connectivity index (χ2n) is 8.35. The van der Waals surface area contributed by atoms with Crippen molar-refractivity contribution in [3.05, 3.63) is 76.2 Å². The van der Waals surface area contributed by atoms with Crippen molar-refractivity contribution in [2.24, 2.45) is 0 Å². The molecule has 0 bridgehead atoms. The Morgan fingerprint density at radius 1 is 1.12 bits per heavy atom. The van der Waals surface area contributed by atoms with Crippen molar-refractivity contribution in [1.82, 2.24) is 33.6 Å². The zero-order chi connectivity index (χ0) is 21.7. The number of hydrogen-bond donors (Lipinski definition) is 1. The molecule has 162 valence electrons. The average molecular weight is 448 g/mol. The summed E-state index contributed by atoms with van der Waals surface area (Å²) >= 11 is 6.23. The van der Waals surface area contributed by atoms with Gasteiger partial charge < -0.3 is 14.1 Å². The molecule has 1 fully saturated rings. The van der Waals surface area contributed by atoms with E-state index in [4.69, 9.17) is 16.6 Å². The molecule has 0 spiro atoms. The summed E-state index contributed by atoms with van der Waals surface area (Å²) < 4.78 is 6.04. The molecule has 1 aliphatic carbocycles. The number of H-pyrrole nitrogens is 1. The van der Waals surface area contributed by atoms with E-state index >= 15 is 0 Å². The summed E-state index contributed by atoms with van der Waals surface area (Å²) in [7, 11) is 0. The van der Waals surface area contributed by atoms with Gasteiger partial charge in [-0.25, -0.2) is 14.8 Å². The Bertz CT molecular complexity index is 1470. The van der Waals surface area contributed by atoms with Gasteiger partial charge in [0.15, 0.2) is 0 Å². The summed E-state index contributed by atoms with van der Waals surface area (Å²) in [6.07, 6.45) is 10.5. The zero-order valence-electron chi connectivity index (χ0n) is 17.4. The van der Waals surface area contributed by atoms with E-state index in [0.29, 0.717) is 17.5 Å². The van der Waals surface area contributed by atoms with Gasteiger partial charge in [0.2, 0.25) is 0 Å². The van der Waals surface area contributed by atoms with E-state index in [1.807, 2.05) is 36.8 Å². The van der Waals surface area contributed by atoms with E-state index in [0.717, 1.165) is 65.9 Å². The second-order valence-corrected chi connectivity index (χ2v) is 8.79. The lowest BCUT2D eigenvalue weighted by Gasteiger charge is -2.11. The number of rotatable bonds is 7. The lowest BCUT2D eigenvalue weighted by atomic mass is 10.2. The highest BCUT2D eigenvalue weighted by atomic mass is 35.5. The third-order valence-electron chi connectivity index (χ3n) is 6.12. The summed E-state index contributed by atoms with van der Waals surface area (Å²) in [5.74, 6) is 1.27. The van der Waals surface area contributed by atoms with Crippen LogP contribution in [0.4, 0.5) is 0 Å². The number of aromatic nitrogens is 7. The van der Waals surface area contributed by atoms with Gasteiger partial charge in [-0.15, -0.1) is 0 Å². The molecule has 9 heteroatoms. The van der Waals surface area contributed by atoms with E-state index in [1.54, 1.807) is 17.0 Å². The van der Waals surface area contributed by atoms with Crippen molar-refractivity contribution in [3.8, 4) is 0 Å². The summed E-state index contributed by atoms with van der Waals surface area (Å²) in [6.45, 7) is 2.01. The van der Waals surface area contributed by atoms with Crippen LogP contribution >= 0.6 is 11.6 Å². The van der Waals surface area contributed by atoms with Crippen LogP contribution in [-0.2, 0) is 19.6 Å². The van der Waals surface area contributed by atoms with Crippen LogP contribution in [0.5, 0.6) is 0 Å². The fraction of sp³-hybridized carbons (Fsp3) is 0.304. The molecule has 0 saturated heterocycles. The minimum atomic E-state index is -0.134. The van der Waals surface area contributed by atoms with Crippen molar-refractivity contribution in [2.75, 3.05) is 0 Å². The van der Waals surface area contributed by atoms with E-state index < -0.39 is 0 Å². The SMILES string of the molecule is O=c1[nH]c2ccnc(C3CC3)c2n1Cc1nc2cc(Cl)ccc2n1CCCn1ccnc1. The van der Waals surface area contributed by atoms with Gasteiger partial charge in [-0.3, -0.25) is 9.55 Å². The van der Waals surface area contributed by atoms with Crippen LogP contribution in [0.1, 0.15) is 36.7 Å². The molecule has 8 nitrogen and oxygen atoms in total. The van der Waals surface area contributed by atoms with Crippen LogP contribution in [0.15, 0.2) is 54.0 Å². The maximum atomic E-state index is 12.9. The smallest absolute Gasteiger partial charge is 0.326 e. The van der Waals surface area contributed by atoms with E-state index in [-0.39, 0.29) is 5.69 Å². The third kappa shape index (κ3) is 3.40. The second kappa shape index (κ2) is 7.63. The number of imidazole rings is 3. The van der Waals surface area contributed by atoms with Crippen molar-refractivity contribution in [1.29, 1.82) is 0 Å². The minimum absolute atomic E-state index is 0.134. The number of aryl methyl sites for hydroxylation is 2. The number of nitrogens with one attached hydrogen (secondary N) is 1. The first kappa shape index (κ1) is 19.3. The molecule has 5 aromatic rings. The molecule has 6 rings (SSSR count). The standard InChI is InChI=1S/C23H22ClN7O/c24-16-4-5-19-18(12-16)27-20(30(19)10-1-9-29-11-8-25-14-29)13-31-22-17(28-23(31)32)6-7-26-21(22)15-2-3-15/h4-8,11-12,14-15H,1-3,9-10,13H2,(H,28,32). The first-order valence-electron chi connectivity index (χ1n) is 10.9. The van der Waals surface area contributed by atoms with Crippen molar-refractivity contribution in [2.45, 2.75) is 44.8 Å². The van der Waals surface area contributed by atoms with Gasteiger partial charge in [0.05, 0.1) is 40.6 Å². The first-order chi connectivity index (χ1) is 15.7. The molecule has 0 amide bonds. The van der Waals surface area contributed by atoms with Crippen molar-refractivity contribution < 1.29 is 0 Å². The lowest BCUT2D eigenvalue weighted by Crippen LogP contribution is -2.20. The van der Waals surface area contributed by atoms with Gasteiger partial charge in [-0.05, 0) is 43.5 Å². The molecule has 0 aliphatic heterocycles. The topological polar surface area (TPSA) is 86.3 Å². The molecule has 0 radical (unpaired) electrons. The molecule has 1 saturated carbocycles. The Balaban J connectivity index is 1.41.